The largest absolute Gasteiger partial charge is 0.468 e. The quantitative estimate of drug-likeness (QED) is 0.805. The molecule has 0 spiro atoms. The fourth-order valence-corrected chi connectivity index (χ4v) is 1.74. The van der Waals surface area contributed by atoms with Gasteiger partial charge in [0.2, 0.25) is 0 Å². The summed E-state index contributed by atoms with van der Waals surface area (Å²) in [7, 11) is 1.42. The van der Waals surface area contributed by atoms with Gasteiger partial charge < -0.3 is 15.2 Å². The van der Waals surface area contributed by atoms with Crippen molar-refractivity contribution in [3.63, 3.8) is 0 Å². The minimum Gasteiger partial charge on any atom is -0.468 e. The van der Waals surface area contributed by atoms with E-state index in [0.29, 0.717) is 5.02 Å². The van der Waals surface area contributed by atoms with E-state index in [9.17, 15) is 4.79 Å². The van der Waals surface area contributed by atoms with Crippen molar-refractivity contribution in [3.05, 3.63) is 34.9 Å². The maximum absolute atomic E-state index is 10.7. The van der Waals surface area contributed by atoms with E-state index in [2.05, 4.69) is 10.1 Å². The zero-order chi connectivity index (χ0) is 13.4. The highest BCUT2D eigenvalue weighted by Gasteiger charge is 2.21. The Labute approximate surface area is 112 Å². The molecule has 1 aliphatic rings. The molecule has 0 aromatic heterocycles. The highest BCUT2D eigenvalue weighted by molar-refractivity contribution is 6.30. The number of hydrogen-bond donors (Lipinski definition) is 2. The van der Waals surface area contributed by atoms with Gasteiger partial charge >= 0.3 is 5.97 Å². The molecular formula is C13H18ClNO3. The molecule has 0 bridgehead atoms. The van der Waals surface area contributed by atoms with Crippen LogP contribution < -0.4 is 5.32 Å². The number of aliphatic hydroxyl groups is 1. The first-order valence-electron chi connectivity index (χ1n) is 5.84. The Kier molecular flexibility index (Phi) is 6.72. The van der Waals surface area contributed by atoms with Crippen LogP contribution >= 0.6 is 11.6 Å². The van der Waals surface area contributed by atoms with E-state index >= 15 is 0 Å². The number of carbonyl (C=O) groups is 1. The number of halogens is 1. The molecule has 1 atom stereocenters. The number of rotatable bonds is 2. The summed E-state index contributed by atoms with van der Waals surface area (Å²) < 4.78 is 4.53. The fraction of sp³-hybridized carbons (Fsp3) is 0.462. The second kappa shape index (κ2) is 8.08. The lowest BCUT2D eigenvalue weighted by Crippen LogP contribution is -2.31. The van der Waals surface area contributed by atoms with Crippen LogP contribution in [0.25, 0.3) is 0 Å². The lowest BCUT2D eigenvalue weighted by Gasteiger charge is -2.04. The molecule has 1 fully saturated rings. The monoisotopic (exact) mass is 271 g/mol. The van der Waals surface area contributed by atoms with Crippen LogP contribution in [0.2, 0.25) is 5.02 Å². The Morgan fingerprint density at radius 2 is 2.17 bits per heavy atom. The van der Waals surface area contributed by atoms with E-state index < -0.39 is 0 Å². The van der Waals surface area contributed by atoms with Crippen molar-refractivity contribution in [2.45, 2.75) is 25.5 Å². The van der Waals surface area contributed by atoms with E-state index in [1.807, 2.05) is 0 Å². The highest BCUT2D eigenvalue weighted by Crippen LogP contribution is 2.08. The molecule has 18 heavy (non-hydrogen) atoms. The second-order valence-corrected chi connectivity index (χ2v) is 4.39. The van der Waals surface area contributed by atoms with Gasteiger partial charge in [0.15, 0.2) is 0 Å². The number of aliphatic hydroxyl groups excluding tert-OH is 1. The van der Waals surface area contributed by atoms with E-state index in [1.165, 1.54) is 7.11 Å². The first kappa shape index (κ1) is 15.0. The van der Waals surface area contributed by atoms with Gasteiger partial charge in [-0.3, -0.25) is 4.79 Å². The van der Waals surface area contributed by atoms with Crippen molar-refractivity contribution in [1.82, 2.24) is 5.32 Å². The van der Waals surface area contributed by atoms with Crippen LogP contribution in [0.4, 0.5) is 0 Å². The van der Waals surface area contributed by atoms with Crippen LogP contribution in [0.15, 0.2) is 24.3 Å². The van der Waals surface area contributed by atoms with E-state index in [1.54, 1.807) is 24.3 Å². The zero-order valence-electron chi connectivity index (χ0n) is 10.4. The molecule has 1 unspecified atom stereocenters. The zero-order valence-corrected chi connectivity index (χ0v) is 11.1. The molecule has 4 nitrogen and oxygen atoms in total. The smallest absolute Gasteiger partial charge is 0.322 e. The van der Waals surface area contributed by atoms with Gasteiger partial charge in [0, 0.05) is 5.02 Å². The molecule has 5 heteroatoms. The van der Waals surface area contributed by atoms with Gasteiger partial charge in [-0.25, -0.2) is 0 Å². The third-order valence-corrected chi connectivity index (χ3v) is 2.89. The normalized spacial score (nSPS) is 17.8. The fourth-order valence-electron chi connectivity index (χ4n) is 1.62. The lowest BCUT2D eigenvalue weighted by atomic mass is 10.2. The number of nitrogens with one attached hydrogen (secondary N) is 1. The van der Waals surface area contributed by atoms with Crippen molar-refractivity contribution < 1.29 is 14.6 Å². The van der Waals surface area contributed by atoms with Crippen LogP contribution in [0.3, 0.4) is 0 Å². The molecule has 100 valence electrons. The Morgan fingerprint density at radius 3 is 2.61 bits per heavy atom. The van der Waals surface area contributed by atoms with Gasteiger partial charge in [0.25, 0.3) is 0 Å². The van der Waals surface area contributed by atoms with Gasteiger partial charge in [-0.15, -0.1) is 0 Å². The summed E-state index contributed by atoms with van der Waals surface area (Å²) in [5.41, 5.74) is 0.888. The van der Waals surface area contributed by atoms with E-state index in [-0.39, 0.29) is 18.6 Å². The Bertz CT molecular complexity index is 361. The van der Waals surface area contributed by atoms with Crippen molar-refractivity contribution >= 4 is 17.6 Å². The Morgan fingerprint density at radius 1 is 1.50 bits per heavy atom. The summed E-state index contributed by atoms with van der Waals surface area (Å²) in [4.78, 5) is 10.7. The van der Waals surface area contributed by atoms with Crippen molar-refractivity contribution in [2.24, 2.45) is 0 Å². The molecule has 0 amide bonds. The van der Waals surface area contributed by atoms with Crippen LogP contribution in [0.1, 0.15) is 18.4 Å². The van der Waals surface area contributed by atoms with Crippen molar-refractivity contribution in [2.75, 3.05) is 13.7 Å². The van der Waals surface area contributed by atoms with E-state index in [0.717, 1.165) is 24.9 Å². The minimum atomic E-state index is -0.132. The average molecular weight is 272 g/mol. The molecule has 1 aromatic rings. The molecular weight excluding hydrogens is 254 g/mol. The lowest BCUT2D eigenvalue weighted by molar-refractivity contribution is -0.142. The molecule has 2 N–H and O–H groups in total. The van der Waals surface area contributed by atoms with Crippen molar-refractivity contribution in [3.8, 4) is 0 Å². The summed E-state index contributed by atoms with van der Waals surface area (Å²) in [6.07, 6.45) is 2.01. The van der Waals surface area contributed by atoms with E-state index in [4.69, 9.17) is 16.7 Å². The number of benzene rings is 1. The van der Waals surface area contributed by atoms with Crippen molar-refractivity contribution in [1.29, 1.82) is 0 Å². The van der Waals surface area contributed by atoms with Gasteiger partial charge in [-0.05, 0) is 37.1 Å². The van der Waals surface area contributed by atoms with Gasteiger partial charge in [0.1, 0.15) is 6.04 Å². The Hall–Kier alpha value is -1.10. The standard InChI is InChI=1S/C7H7ClO.C6H11NO2/c8-7-3-1-6(5-9)2-4-7;1-9-6(8)5-3-2-4-7-5/h1-4,9H,5H2;5,7H,2-4H2,1H3. The molecule has 1 aliphatic heterocycles. The number of esters is 1. The predicted octanol–water partition coefficient (Wildman–Crippen LogP) is 1.74. The number of hydrogen-bond acceptors (Lipinski definition) is 4. The van der Waals surface area contributed by atoms with Crippen LogP contribution in [-0.2, 0) is 16.1 Å². The summed E-state index contributed by atoms with van der Waals surface area (Å²) in [5, 5.41) is 12.3. The average Bonchev–Trinajstić information content (AvgIpc) is 2.93. The minimum absolute atomic E-state index is 0.0324. The molecule has 0 aliphatic carbocycles. The summed E-state index contributed by atoms with van der Waals surface area (Å²) in [6.45, 7) is 1.02. The molecule has 1 saturated heterocycles. The summed E-state index contributed by atoms with van der Waals surface area (Å²) in [5.74, 6) is -0.132. The highest BCUT2D eigenvalue weighted by atomic mass is 35.5. The molecule has 0 radical (unpaired) electrons. The van der Waals surface area contributed by atoms with Gasteiger partial charge in [-0.2, -0.15) is 0 Å². The second-order valence-electron chi connectivity index (χ2n) is 3.96. The topological polar surface area (TPSA) is 58.6 Å². The van der Waals surface area contributed by atoms with Crippen LogP contribution in [-0.4, -0.2) is 30.8 Å². The van der Waals surface area contributed by atoms with Gasteiger partial charge in [0.05, 0.1) is 13.7 Å². The van der Waals surface area contributed by atoms with Crippen LogP contribution in [0, 0.1) is 0 Å². The third-order valence-electron chi connectivity index (χ3n) is 2.64. The molecule has 1 heterocycles. The van der Waals surface area contributed by atoms with Crippen LogP contribution in [0.5, 0.6) is 0 Å². The maximum Gasteiger partial charge on any atom is 0.322 e. The maximum atomic E-state index is 10.7. The molecule has 2 rings (SSSR count). The Balaban J connectivity index is 0.000000180. The third kappa shape index (κ3) is 5.04. The number of carbonyl (C=O) groups excluding carboxylic acids is 1. The summed E-state index contributed by atoms with van der Waals surface area (Å²) in [6, 6.07) is 7.07. The SMILES string of the molecule is COC(=O)C1CCCN1.OCc1ccc(Cl)cc1. The predicted molar refractivity (Wildman–Crippen MR) is 70.4 cm³/mol. The first-order chi connectivity index (χ1) is 8.67. The summed E-state index contributed by atoms with van der Waals surface area (Å²) >= 11 is 5.59. The van der Waals surface area contributed by atoms with Gasteiger partial charge in [-0.1, -0.05) is 23.7 Å². The molecule has 1 aromatic carbocycles. The molecule has 0 saturated carbocycles. The number of methoxy groups -OCH3 is 1. The first-order valence-corrected chi connectivity index (χ1v) is 6.21. The number of ether oxygens (including phenoxy) is 1.